The van der Waals surface area contributed by atoms with Crippen molar-refractivity contribution in [1.29, 1.82) is 0 Å². The van der Waals surface area contributed by atoms with E-state index in [-0.39, 0.29) is 5.97 Å². The fraction of sp³-hybridized carbons (Fsp3) is 0.857. The van der Waals surface area contributed by atoms with Crippen molar-refractivity contribution >= 4 is 12.1 Å². The molecule has 0 spiro atoms. The Bertz CT molecular complexity index is 365. The Morgan fingerprint density at radius 3 is 2.40 bits per heavy atom. The van der Waals surface area contributed by atoms with Crippen LogP contribution in [0.1, 0.15) is 40.0 Å². The van der Waals surface area contributed by atoms with Crippen molar-refractivity contribution < 1.29 is 19.1 Å². The van der Waals surface area contributed by atoms with E-state index in [4.69, 9.17) is 9.47 Å². The topological polar surface area (TPSA) is 67.9 Å². The molecule has 0 aromatic carbocycles. The van der Waals surface area contributed by atoms with Gasteiger partial charge >= 0.3 is 12.1 Å². The minimum Gasteiger partial charge on any atom is -0.467 e. The average molecular weight is 286 g/mol. The van der Waals surface area contributed by atoms with E-state index in [0.717, 1.165) is 13.0 Å². The molecule has 0 aromatic rings. The highest BCUT2D eigenvalue weighted by Crippen LogP contribution is 2.37. The molecule has 1 aliphatic heterocycles. The maximum absolute atomic E-state index is 12.2. The number of amides is 1. The number of carbonyl (C=O) groups is 2. The highest BCUT2D eigenvalue weighted by molar-refractivity contribution is 5.87. The lowest BCUT2D eigenvalue weighted by Crippen LogP contribution is -2.67. The Hall–Kier alpha value is -1.30. The molecule has 6 heteroatoms. The van der Waals surface area contributed by atoms with Crippen molar-refractivity contribution in [3.8, 4) is 0 Å². The van der Waals surface area contributed by atoms with Crippen LogP contribution in [-0.4, -0.2) is 55.3 Å². The van der Waals surface area contributed by atoms with E-state index in [0.29, 0.717) is 19.4 Å². The molecule has 1 fully saturated rings. The number of nitrogens with zero attached hydrogens (tertiary/aromatic N) is 1. The summed E-state index contributed by atoms with van der Waals surface area (Å²) in [6.07, 6.45) is 1.56. The molecule has 0 bridgehead atoms. The van der Waals surface area contributed by atoms with Crippen LogP contribution in [0.2, 0.25) is 0 Å². The Labute approximate surface area is 120 Å². The molecule has 1 atom stereocenters. The van der Waals surface area contributed by atoms with Gasteiger partial charge in [-0.2, -0.15) is 0 Å². The third-order valence-electron chi connectivity index (χ3n) is 3.46. The fourth-order valence-electron chi connectivity index (χ4n) is 2.40. The number of esters is 1. The molecule has 1 unspecified atom stereocenters. The van der Waals surface area contributed by atoms with Crippen LogP contribution in [0.15, 0.2) is 0 Å². The van der Waals surface area contributed by atoms with Crippen LogP contribution in [0.3, 0.4) is 0 Å². The largest absolute Gasteiger partial charge is 0.467 e. The third kappa shape index (κ3) is 3.62. The molecule has 20 heavy (non-hydrogen) atoms. The van der Waals surface area contributed by atoms with E-state index < -0.39 is 17.2 Å². The highest BCUT2D eigenvalue weighted by atomic mass is 16.6. The molecule has 1 heterocycles. The number of nitrogens with one attached hydrogen (secondary N) is 1. The van der Waals surface area contributed by atoms with E-state index in [2.05, 4.69) is 5.32 Å². The van der Waals surface area contributed by atoms with Crippen LogP contribution < -0.4 is 5.32 Å². The number of ether oxygens (including phenoxy) is 2. The van der Waals surface area contributed by atoms with Gasteiger partial charge in [0.2, 0.25) is 0 Å². The molecule has 1 amide bonds. The first-order valence-electron chi connectivity index (χ1n) is 7.00. The van der Waals surface area contributed by atoms with E-state index >= 15 is 0 Å². The Balaban J connectivity index is 2.79. The van der Waals surface area contributed by atoms with Gasteiger partial charge in [-0.05, 0) is 53.6 Å². The summed E-state index contributed by atoms with van der Waals surface area (Å²) in [6, 6.07) is 0. The second-order valence-electron chi connectivity index (χ2n) is 6.11. The molecular weight excluding hydrogens is 260 g/mol. The van der Waals surface area contributed by atoms with E-state index in [1.165, 1.54) is 12.0 Å². The van der Waals surface area contributed by atoms with Gasteiger partial charge in [0.25, 0.3) is 0 Å². The summed E-state index contributed by atoms with van der Waals surface area (Å²) in [4.78, 5) is 25.8. The lowest BCUT2D eigenvalue weighted by Gasteiger charge is -2.50. The van der Waals surface area contributed by atoms with Crippen molar-refractivity contribution in [3.63, 3.8) is 0 Å². The van der Waals surface area contributed by atoms with Crippen LogP contribution >= 0.6 is 0 Å². The molecule has 1 aliphatic rings. The molecule has 0 aliphatic carbocycles. The maximum atomic E-state index is 12.2. The van der Waals surface area contributed by atoms with E-state index in [1.54, 1.807) is 0 Å². The van der Waals surface area contributed by atoms with Crippen molar-refractivity contribution in [3.05, 3.63) is 0 Å². The van der Waals surface area contributed by atoms with Crippen molar-refractivity contribution in [2.24, 2.45) is 0 Å². The lowest BCUT2D eigenvalue weighted by molar-refractivity contribution is -0.164. The molecule has 116 valence electrons. The molecule has 1 rings (SSSR count). The number of rotatable bonds is 5. The van der Waals surface area contributed by atoms with Crippen LogP contribution in [0, 0.1) is 0 Å². The first-order valence-corrected chi connectivity index (χ1v) is 7.00. The van der Waals surface area contributed by atoms with Gasteiger partial charge in [0.05, 0.1) is 7.11 Å². The minimum atomic E-state index is -0.853. The average Bonchev–Trinajstić information content (AvgIpc) is 2.30. The highest BCUT2D eigenvalue weighted by Gasteiger charge is 2.55. The van der Waals surface area contributed by atoms with Crippen LogP contribution in [-0.2, 0) is 14.3 Å². The summed E-state index contributed by atoms with van der Waals surface area (Å²) in [5.74, 6) is -0.356. The summed E-state index contributed by atoms with van der Waals surface area (Å²) in [7, 11) is 3.21. The fourth-order valence-corrected chi connectivity index (χ4v) is 2.40. The van der Waals surface area contributed by atoms with Gasteiger partial charge in [-0.25, -0.2) is 9.59 Å². The van der Waals surface area contributed by atoms with Crippen LogP contribution in [0.4, 0.5) is 4.79 Å². The number of likely N-dealkylation sites (tertiary alicyclic amines) is 1. The first-order chi connectivity index (χ1) is 9.27. The van der Waals surface area contributed by atoms with Gasteiger partial charge in [0, 0.05) is 6.54 Å². The first kappa shape index (κ1) is 16.8. The monoisotopic (exact) mass is 286 g/mol. The van der Waals surface area contributed by atoms with Gasteiger partial charge < -0.3 is 14.8 Å². The Morgan fingerprint density at radius 1 is 1.35 bits per heavy atom. The molecule has 0 saturated carbocycles. The predicted octanol–water partition coefficient (Wildman–Crippen LogP) is 1.54. The molecule has 1 saturated heterocycles. The van der Waals surface area contributed by atoms with Crippen molar-refractivity contribution in [2.45, 2.75) is 51.2 Å². The summed E-state index contributed by atoms with van der Waals surface area (Å²) in [6.45, 7) is 6.76. The van der Waals surface area contributed by atoms with E-state index in [1.807, 2.05) is 27.8 Å². The number of carbonyl (C=O) groups excluding carboxylic acids is 2. The summed E-state index contributed by atoms with van der Waals surface area (Å²) in [5.41, 5.74) is -1.42. The Kier molecular flexibility index (Phi) is 5.39. The standard InChI is InChI=1S/C14H26N2O4/c1-13(2,3)20-12(18)16-10-8-14(16,11(17)19-5)7-6-9-15-4/h15H,6-10H2,1-5H3. The minimum absolute atomic E-state index is 0.356. The van der Waals surface area contributed by atoms with Gasteiger partial charge in [-0.15, -0.1) is 0 Å². The molecule has 1 N–H and O–H groups in total. The molecule has 0 radical (unpaired) electrons. The van der Waals surface area contributed by atoms with E-state index in [9.17, 15) is 9.59 Å². The molecule has 6 nitrogen and oxygen atoms in total. The maximum Gasteiger partial charge on any atom is 0.411 e. The van der Waals surface area contributed by atoms with Crippen LogP contribution in [0.25, 0.3) is 0 Å². The summed E-state index contributed by atoms with van der Waals surface area (Å²) < 4.78 is 10.3. The predicted molar refractivity (Wildman–Crippen MR) is 75.5 cm³/mol. The van der Waals surface area contributed by atoms with Crippen LogP contribution in [0.5, 0.6) is 0 Å². The van der Waals surface area contributed by atoms with Gasteiger partial charge in [0.15, 0.2) is 0 Å². The Morgan fingerprint density at radius 2 is 2.00 bits per heavy atom. The molecule has 0 aromatic heterocycles. The quantitative estimate of drug-likeness (QED) is 0.613. The zero-order valence-corrected chi connectivity index (χ0v) is 13.1. The number of methoxy groups -OCH3 is 1. The molecular formula is C14H26N2O4. The van der Waals surface area contributed by atoms with Gasteiger partial charge in [0.1, 0.15) is 11.1 Å². The third-order valence-corrected chi connectivity index (χ3v) is 3.46. The number of hydrogen-bond donors (Lipinski definition) is 1. The summed E-state index contributed by atoms with van der Waals surface area (Å²) >= 11 is 0. The smallest absolute Gasteiger partial charge is 0.411 e. The number of hydrogen-bond acceptors (Lipinski definition) is 5. The van der Waals surface area contributed by atoms with Gasteiger partial charge in [-0.1, -0.05) is 0 Å². The zero-order valence-electron chi connectivity index (χ0n) is 13.1. The van der Waals surface area contributed by atoms with Crippen molar-refractivity contribution in [1.82, 2.24) is 10.2 Å². The normalized spacial score (nSPS) is 22.1. The second kappa shape index (κ2) is 6.43. The summed E-state index contributed by atoms with van der Waals surface area (Å²) in [5, 5.41) is 3.04. The zero-order chi connectivity index (χ0) is 15.4. The van der Waals surface area contributed by atoms with Crippen molar-refractivity contribution in [2.75, 3.05) is 27.2 Å². The SMILES string of the molecule is CNCCCC1(C(=O)OC)CCN1C(=O)OC(C)(C)C. The van der Waals surface area contributed by atoms with Gasteiger partial charge in [-0.3, -0.25) is 4.90 Å². The lowest BCUT2D eigenvalue weighted by atomic mass is 9.80. The second-order valence-corrected chi connectivity index (χ2v) is 6.11.